The van der Waals surface area contributed by atoms with Gasteiger partial charge in [0.25, 0.3) is 0 Å². The van der Waals surface area contributed by atoms with E-state index >= 15 is 0 Å². The molecule has 1 aromatic carbocycles. The Bertz CT molecular complexity index is 772. The molecule has 26 heavy (non-hydrogen) atoms. The van der Waals surface area contributed by atoms with Crippen molar-refractivity contribution in [1.82, 2.24) is 4.98 Å². The van der Waals surface area contributed by atoms with E-state index in [1.54, 1.807) is 38.1 Å². The SMILES string of the molecule is CCCOc1ccc(-c2c(C(=O)OC)c(C)nc(C)c2C(=O)OC)cc1. The van der Waals surface area contributed by atoms with Crippen molar-refractivity contribution in [3.8, 4) is 16.9 Å². The molecule has 0 spiro atoms. The third kappa shape index (κ3) is 3.85. The molecule has 0 aliphatic heterocycles. The van der Waals surface area contributed by atoms with Crippen molar-refractivity contribution in [2.75, 3.05) is 20.8 Å². The van der Waals surface area contributed by atoms with Crippen molar-refractivity contribution in [1.29, 1.82) is 0 Å². The summed E-state index contributed by atoms with van der Waals surface area (Å²) in [6, 6.07) is 7.21. The molecule has 0 saturated carbocycles. The molecule has 2 rings (SSSR count). The fourth-order valence-electron chi connectivity index (χ4n) is 2.78. The van der Waals surface area contributed by atoms with Gasteiger partial charge in [-0.2, -0.15) is 0 Å². The molecule has 0 bridgehead atoms. The molecule has 6 nitrogen and oxygen atoms in total. The first-order chi connectivity index (χ1) is 12.4. The summed E-state index contributed by atoms with van der Waals surface area (Å²) < 4.78 is 15.4. The second-order valence-electron chi connectivity index (χ2n) is 5.76. The number of esters is 2. The quantitative estimate of drug-likeness (QED) is 0.734. The van der Waals surface area contributed by atoms with E-state index in [1.807, 2.05) is 6.92 Å². The number of carbonyl (C=O) groups is 2. The van der Waals surface area contributed by atoms with Gasteiger partial charge in [0.15, 0.2) is 0 Å². The lowest BCUT2D eigenvalue weighted by Gasteiger charge is -2.17. The molecular formula is C20H23NO5. The first kappa shape index (κ1) is 19.4. The van der Waals surface area contributed by atoms with Crippen LogP contribution in [0.15, 0.2) is 24.3 Å². The van der Waals surface area contributed by atoms with Crippen LogP contribution in [0.5, 0.6) is 5.75 Å². The molecule has 0 unspecified atom stereocenters. The fraction of sp³-hybridized carbons (Fsp3) is 0.350. The standard InChI is InChI=1S/C20H23NO5/c1-6-11-26-15-9-7-14(8-10-15)18-16(19(22)24-4)12(2)21-13(3)17(18)20(23)25-5/h7-10H,6,11H2,1-5H3. The Kier molecular flexibility index (Phi) is 6.33. The van der Waals surface area contributed by atoms with E-state index in [9.17, 15) is 9.59 Å². The molecule has 1 aromatic heterocycles. The predicted molar refractivity (Wildman–Crippen MR) is 97.6 cm³/mol. The first-order valence-corrected chi connectivity index (χ1v) is 8.35. The van der Waals surface area contributed by atoms with E-state index in [2.05, 4.69) is 4.98 Å². The van der Waals surface area contributed by atoms with Gasteiger partial charge in [-0.3, -0.25) is 4.98 Å². The number of hydrogen-bond donors (Lipinski definition) is 0. The van der Waals surface area contributed by atoms with Crippen molar-refractivity contribution in [2.45, 2.75) is 27.2 Å². The van der Waals surface area contributed by atoms with Gasteiger partial charge in [0, 0.05) is 5.56 Å². The predicted octanol–water partition coefficient (Wildman–Crippen LogP) is 3.73. The van der Waals surface area contributed by atoms with Gasteiger partial charge in [0.2, 0.25) is 0 Å². The molecule has 2 aromatic rings. The Balaban J connectivity index is 2.70. The van der Waals surface area contributed by atoms with Crippen LogP contribution in [0, 0.1) is 13.8 Å². The maximum absolute atomic E-state index is 12.4. The van der Waals surface area contributed by atoms with Gasteiger partial charge < -0.3 is 14.2 Å². The molecule has 0 aliphatic rings. The number of benzene rings is 1. The minimum absolute atomic E-state index is 0.251. The second kappa shape index (κ2) is 8.47. The Morgan fingerprint density at radius 3 is 1.85 bits per heavy atom. The van der Waals surface area contributed by atoms with Crippen molar-refractivity contribution in [3.63, 3.8) is 0 Å². The molecule has 0 aliphatic carbocycles. The van der Waals surface area contributed by atoms with Gasteiger partial charge >= 0.3 is 11.9 Å². The molecule has 6 heteroatoms. The Labute approximate surface area is 153 Å². The summed E-state index contributed by atoms with van der Waals surface area (Å²) in [6.07, 6.45) is 0.906. The van der Waals surface area contributed by atoms with Crippen LogP contribution < -0.4 is 4.74 Å². The molecular weight excluding hydrogens is 334 g/mol. The third-order valence-corrected chi connectivity index (χ3v) is 3.95. The van der Waals surface area contributed by atoms with Crippen LogP contribution in [0.25, 0.3) is 11.1 Å². The summed E-state index contributed by atoms with van der Waals surface area (Å²) in [5.74, 6) is -0.389. The highest BCUT2D eigenvalue weighted by molar-refractivity contribution is 6.07. The minimum Gasteiger partial charge on any atom is -0.494 e. The minimum atomic E-state index is -0.554. The summed E-state index contributed by atoms with van der Waals surface area (Å²) in [5.41, 5.74) is 2.62. The van der Waals surface area contributed by atoms with Gasteiger partial charge in [0.05, 0.1) is 43.3 Å². The highest BCUT2D eigenvalue weighted by Gasteiger charge is 2.27. The van der Waals surface area contributed by atoms with Gasteiger partial charge in [-0.1, -0.05) is 19.1 Å². The molecule has 0 atom stereocenters. The van der Waals surface area contributed by atoms with E-state index in [0.717, 1.165) is 12.2 Å². The van der Waals surface area contributed by atoms with Gasteiger partial charge in [-0.15, -0.1) is 0 Å². The molecule has 0 amide bonds. The van der Waals surface area contributed by atoms with E-state index in [-0.39, 0.29) is 11.1 Å². The summed E-state index contributed by atoms with van der Waals surface area (Å²) in [5, 5.41) is 0. The van der Waals surface area contributed by atoms with Crippen LogP contribution in [0.1, 0.15) is 45.4 Å². The van der Waals surface area contributed by atoms with Gasteiger partial charge in [0.1, 0.15) is 5.75 Å². The third-order valence-electron chi connectivity index (χ3n) is 3.95. The summed E-state index contributed by atoms with van der Waals surface area (Å²) in [4.78, 5) is 29.1. The molecule has 138 valence electrons. The number of aryl methyl sites for hydroxylation is 2. The van der Waals surface area contributed by atoms with Crippen LogP contribution in [0.3, 0.4) is 0 Å². The monoisotopic (exact) mass is 357 g/mol. The van der Waals surface area contributed by atoms with Crippen LogP contribution in [0.4, 0.5) is 0 Å². The van der Waals surface area contributed by atoms with Crippen molar-refractivity contribution in [2.24, 2.45) is 0 Å². The number of hydrogen-bond acceptors (Lipinski definition) is 6. The average Bonchev–Trinajstić information content (AvgIpc) is 2.65. The normalized spacial score (nSPS) is 10.3. The summed E-state index contributed by atoms with van der Waals surface area (Å²) in [6.45, 7) is 6.07. The Hall–Kier alpha value is -2.89. The number of pyridine rings is 1. The summed E-state index contributed by atoms with van der Waals surface area (Å²) >= 11 is 0. The molecule has 1 heterocycles. The maximum atomic E-state index is 12.4. The lowest BCUT2D eigenvalue weighted by molar-refractivity contribution is 0.0599. The van der Waals surface area contributed by atoms with Crippen LogP contribution in [-0.4, -0.2) is 37.7 Å². The number of methoxy groups -OCH3 is 2. The van der Waals surface area contributed by atoms with E-state index in [0.29, 0.717) is 29.1 Å². The zero-order chi connectivity index (χ0) is 19.3. The highest BCUT2D eigenvalue weighted by Crippen LogP contribution is 2.33. The van der Waals surface area contributed by atoms with E-state index in [1.165, 1.54) is 14.2 Å². The fourth-order valence-corrected chi connectivity index (χ4v) is 2.78. The highest BCUT2D eigenvalue weighted by atomic mass is 16.5. The van der Waals surface area contributed by atoms with Crippen LogP contribution >= 0.6 is 0 Å². The number of rotatable bonds is 6. The van der Waals surface area contributed by atoms with E-state index < -0.39 is 11.9 Å². The largest absolute Gasteiger partial charge is 0.494 e. The van der Waals surface area contributed by atoms with Crippen molar-refractivity contribution >= 4 is 11.9 Å². The number of carbonyl (C=O) groups excluding carboxylic acids is 2. The van der Waals surface area contributed by atoms with E-state index in [4.69, 9.17) is 14.2 Å². The van der Waals surface area contributed by atoms with Crippen LogP contribution in [0.2, 0.25) is 0 Å². The van der Waals surface area contributed by atoms with Crippen LogP contribution in [-0.2, 0) is 9.47 Å². The Morgan fingerprint density at radius 1 is 0.923 bits per heavy atom. The maximum Gasteiger partial charge on any atom is 0.340 e. The number of nitrogens with zero attached hydrogens (tertiary/aromatic N) is 1. The zero-order valence-electron chi connectivity index (χ0n) is 15.7. The average molecular weight is 357 g/mol. The lowest BCUT2D eigenvalue weighted by Crippen LogP contribution is -2.16. The smallest absolute Gasteiger partial charge is 0.340 e. The number of aromatic nitrogens is 1. The topological polar surface area (TPSA) is 74.7 Å². The molecule has 0 fully saturated rings. The van der Waals surface area contributed by atoms with Gasteiger partial charge in [-0.25, -0.2) is 9.59 Å². The van der Waals surface area contributed by atoms with Crippen molar-refractivity contribution in [3.05, 3.63) is 46.8 Å². The zero-order valence-corrected chi connectivity index (χ0v) is 15.7. The molecule has 0 saturated heterocycles. The molecule has 0 radical (unpaired) electrons. The first-order valence-electron chi connectivity index (χ1n) is 8.35. The van der Waals surface area contributed by atoms with Crippen molar-refractivity contribution < 1.29 is 23.8 Å². The summed E-state index contributed by atoms with van der Waals surface area (Å²) in [7, 11) is 2.59. The van der Waals surface area contributed by atoms with Gasteiger partial charge in [-0.05, 0) is 38.0 Å². The number of ether oxygens (including phenoxy) is 3. The second-order valence-corrected chi connectivity index (χ2v) is 5.76. The lowest BCUT2D eigenvalue weighted by atomic mass is 9.92. The Morgan fingerprint density at radius 2 is 1.42 bits per heavy atom. The molecule has 0 N–H and O–H groups in total.